The molecule has 4 amide bonds. The van der Waals surface area contributed by atoms with Crippen LogP contribution in [0.1, 0.15) is 5.56 Å². The number of nitrogens with zero attached hydrogens (tertiary/aromatic N) is 2. The van der Waals surface area contributed by atoms with Crippen molar-refractivity contribution in [1.29, 1.82) is 0 Å². The van der Waals surface area contributed by atoms with E-state index in [-0.39, 0.29) is 11.4 Å². The Morgan fingerprint density at radius 2 is 1.78 bits per heavy atom. The van der Waals surface area contributed by atoms with E-state index in [1.54, 1.807) is 24.3 Å². The number of hydrogen-bond acceptors (Lipinski definition) is 5. The van der Waals surface area contributed by atoms with Gasteiger partial charge in [-0.15, -0.1) is 0 Å². The number of carbonyl (C=O) groups is 3. The lowest BCUT2D eigenvalue weighted by Crippen LogP contribution is -2.38. The Balaban J connectivity index is 1.65. The summed E-state index contributed by atoms with van der Waals surface area (Å²) in [6, 6.07) is 13.5. The van der Waals surface area contributed by atoms with Gasteiger partial charge in [-0.05, 0) is 23.8 Å². The average Bonchev–Trinajstić information content (AvgIpc) is 2.90. The number of carbonyl (C=O) groups excluding carboxylic acids is 3. The fraction of sp³-hybridized carbons (Fsp3) is 0.0556. The van der Waals surface area contributed by atoms with Crippen LogP contribution < -0.4 is 10.6 Å². The quantitative estimate of drug-likeness (QED) is 0.363. The maximum atomic E-state index is 12.3. The summed E-state index contributed by atoms with van der Waals surface area (Å²) in [5.41, 5.74) is 1.02. The van der Waals surface area contributed by atoms with E-state index in [0.717, 1.165) is 10.5 Å². The van der Waals surface area contributed by atoms with Crippen molar-refractivity contribution in [3.63, 3.8) is 0 Å². The zero-order valence-corrected chi connectivity index (χ0v) is 13.9. The van der Waals surface area contributed by atoms with Crippen LogP contribution in [0.25, 0.3) is 6.08 Å². The van der Waals surface area contributed by atoms with Crippen molar-refractivity contribution in [3.05, 3.63) is 76.0 Å². The summed E-state index contributed by atoms with van der Waals surface area (Å²) in [5.74, 6) is -1.21. The van der Waals surface area contributed by atoms with Gasteiger partial charge < -0.3 is 10.6 Å². The van der Waals surface area contributed by atoms with Gasteiger partial charge in [-0.3, -0.25) is 19.7 Å². The normalized spacial score (nSPS) is 15.0. The van der Waals surface area contributed by atoms with Gasteiger partial charge in [-0.2, -0.15) is 0 Å². The molecule has 136 valence electrons. The smallest absolute Gasteiger partial charge is 0.325 e. The van der Waals surface area contributed by atoms with Crippen molar-refractivity contribution < 1.29 is 19.3 Å². The Kier molecular flexibility index (Phi) is 4.93. The molecule has 2 aromatic carbocycles. The zero-order chi connectivity index (χ0) is 19.4. The number of nitro groups is 1. The molecular formula is C18H14N4O5. The van der Waals surface area contributed by atoms with Crippen LogP contribution >= 0.6 is 0 Å². The van der Waals surface area contributed by atoms with E-state index < -0.39 is 29.3 Å². The molecule has 1 saturated heterocycles. The molecule has 1 aliphatic rings. The lowest BCUT2D eigenvalue weighted by molar-refractivity contribution is -0.384. The highest BCUT2D eigenvalue weighted by molar-refractivity contribution is 6.15. The van der Waals surface area contributed by atoms with Gasteiger partial charge in [0.15, 0.2) is 0 Å². The van der Waals surface area contributed by atoms with Crippen LogP contribution in [-0.4, -0.2) is 34.2 Å². The molecule has 0 saturated carbocycles. The molecule has 0 bridgehead atoms. The molecule has 1 fully saturated rings. The minimum Gasteiger partial charge on any atom is -0.325 e. The van der Waals surface area contributed by atoms with E-state index in [9.17, 15) is 24.5 Å². The number of benzene rings is 2. The van der Waals surface area contributed by atoms with Crippen LogP contribution in [0.4, 0.5) is 16.2 Å². The molecule has 0 radical (unpaired) electrons. The van der Waals surface area contributed by atoms with E-state index in [4.69, 9.17) is 0 Å². The van der Waals surface area contributed by atoms with Gasteiger partial charge in [0.05, 0.1) is 4.92 Å². The number of nitro benzene ring substituents is 1. The van der Waals surface area contributed by atoms with E-state index in [1.807, 2.05) is 6.07 Å². The van der Waals surface area contributed by atoms with Crippen LogP contribution in [-0.2, 0) is 9.59 Å². The van der Waals surface area contributed by atoms with E-state index in [0.29, 0.717) is 5.69 Å². The van der Waals surface area contributed by atoms with Crippen LogP contribution in [0.3, 0.4) is 0 Å². The monoisotopic (exact) mass is 366 g/mol. The van der Waals surface area contributed by atoms with Crippen molar-refractivity contribution in [1.82, 2.24) is 10.2 Å². The maximum absolute atomic E-state index is 12.3. The summed E-state index contributed by atoms with van der Waals surface area (Å²) in [5, 5.41) is 15.5. The molecule has 1 aliphatic heterocycles. The molecule has 0 unspecified atom stereocenters. The van der Waals surface area contributed by atoms with Crippen molar-refractivity contribution in [3.8, 4) is 0 Å². The number of imide groups is 1. The van der Waals surface area contributed by atoms with E-state index in [2.05, 4.69) is 10.6 Å². The predicted octanol–water partition coefficient (Wildman–Crippen LogP) is 2.13. The van der Waals surface area contributed by atoms with Crippen LogP contribution in [0.15, 0.2) is 60.3 Å². The maximum Gasteiger partial charge on any atom is 0.329 e. The molecular weight excluding hydrogens is 352 g/mol. The lowest BCUT2D eigenvalue weighted by Gasteiger charge is -2.11. The number of urea groups is 1. The first-order valence-corrected chi connectivity index (χ1v) is 7.88. The molecule has 9 nitrogen and oxygen atoms in total. The van der Waals surface area contributed by atoms with Crippen LogP contribution in [0, 0.1) is 10.1 Å². The largest absolute Gasteiger partial charge is 0.329 e. The summed E-state index contributed by atoms with van der Waals surface area (Å²) in [6.07, 6.45) is 1.52. The van der Waals surface area contributed by atoms with E-state index in [1.165, 1.54) is 30.3 Å². The zero-order valence-electron chi connectivity index (χ0n) is 13.9. The summed E-state index contributed by atoms with van der Waals surface area (Å²) >= 11 is 0. The molecule has 0 aromatic heterocycles. The number of amides is 4. The first kappa shape index (κ1) is 17.8. The van der Waals surface area contributed by atoms with Crippen molar-refractivity contribution in [2.45, 2.75) is 0 Å². The Morgan fingerprint density at radius 3 is 2.41 bits per heavy atom. The minimum absolute atomic E-state index is 0.0781. The molecule has 27 heavy (non-hydrogen) atoms. The summed E-state index contributed by atoms with van der Waals surface area (Å²) in [6.45, 7) is -0.478. The Morgan fingerprint density at radius 1 is 1.11 bits per heavy atom. The second-order valence-electron chi connectivity index (χ2n) is 5.64. The number of nitrogens with one attached hydrogen (secondary N) is 2. The fourth-order valence-electron chi connectivity index (χ4n) is 2.44. The summed E-state index contributed by atoms with van der Waals surface area (Å²) < 4.78 is 0. The lowest BCUT2D eigenvalue weighted by atomic mass is 10.2. The second-order valence-corrected chi connectivity index (χ2v) is 5.64. The van der Waals surface area contributed by atoms with Crippen molar-refractivity contribution in [2.75, 3.05) is 11.9 Å². The SMILES string of the molecule is O=C(CN1C(=O)N/C(=C\c2ccccc2)C1=O)Nc1ccc([N+](=O)[O-])cc1. The predicted molar refractivity (Wildman–Crippen MR) is 96.4 cm³/mol. The fourth-order valence-corrected chi connectivity index (χ4v) is 2.44. The third-order valence-electron chi connectivity index (χ3n) is 3.74. The third kappa shape index (κ3) is 4.15. The Bertz CT molecular complexity index is 938. The standard InChI is InChI=1S/C18H14N4O5/c23-16(19-13-6-8-14(9-7-13)22(26)27)11-21-17(24)15(20-18(21)25)10-12-4-2-1-3-5-12/h1-10H,11H2,(H,19,23)(H,20,25)/b15-10-. The van der Waals surface area contributed by atoms with Gasteiger partial charge in [0.1, 0.15) is 12.2 Å². The van der Waals surface area contributed by atoms with Crippen LogP contribution in [0.5, 0.6) is 0 Å². The highest BCUT2D eigenvalue weighted by Crippen LogP contribution is 2.17. The highest BCUT2D eigenvalue weighted by atomic mass is 16.6. The summed E-state index contributed by atoms with van der Waals surface area (Å²) in [4.78, 5) is 47.3. The molecule has 0 spiro atoms. The average molecular weight is 366 g/mol. The number of rotatable bonds is 5. The molecule has 0 atom stereocenters. The van der Waals surface area contributed by atoms with Crippen molar-refractivity contribution >= 4 is 35.3 Å². The first-order valence-electron chi connectivity index (χ1n) is 7.88. The number of hydrogen-bond donors (Lipinski definition) is 2. The van der Waals surface area contributed by atoms with Gasteiger partial charge >= 0.3 is 6.03 Å². The van der Waals surface area contributed by atoms with Gasteiger partial charge in [-0.1, -0.05) is 30.3 Å². The molecule has 1 heterocycles. The van der Waals surface area contributed by atoms with Crippen molar-refractivity contribution in [2.24, 2.45) is 0 Å². The number of non-ortho nitro benzene ring substituents is 1. The van der Waals surface area contributed by atoms with Gasteiger partial charge in [0, 0.05) is 17.8 Å². The number of anilines is 1. The molecule has 0 aliphatic carbocycles. The Labute approximate surface area is 153 Å². The molecule has 3 rings (SSSR count). The van der Waals surface area contributed by atoms with Gasteiger partial charge in [0.25, 0.3) is 11.6 Å². The topological polar surface area (TPSA) is 122 Å². The van der Waals surface area contributed by atoms with Crippen LogP contribution in [0.2, 0.25) is 0 Å². The molecule has 9 heteroatoms. The summed E-state index contributed by atoms with van der Waals surface area (Å²) in [7, 11) is 0. The first-order chi connectivity index (χ1) is 12.9. The minimum atomic E-state index is -0.693. The Hall–Kier alpha value is -4.01. The molecule has 2 N–H and O–H groups in total. The third-order valence-corrected chi connectivity index (χ3v) is 3.74. The van der Waals surface area contributed by atoms with Gasteiger partial charge in [0.2, 0.25) is 5.91 Å². The molecule has 2 aromatic rings. The van der Waals surface area contributed by atoms with Gasteiger partial charge in [-0.25, -0.2) is 9.69 Å². The second kappa shape index (κ2) is 7.48. The highest BCUT2D eigenvalue weighted by Gasteiger charge is 2.34. The van der Waals surface area contributed by atoms with E-state index >= 15 is 0 Å².